The fraction of sp³-hybridized carbons (Fsp3) is 0.135. The van der Waals surface area contributed by atoms with Crippen LogP contribution in [0.4, 0.5) is 5.69 Å². The molecule has 0 bridgehead atoms. The molecular formula is C37H34N4. The largest absolute Gasteiger partial charge is 0.312 e. The Labute approximate surface area is 241 Å². The zero-order valence-corrected chi connectivity index (χ0v) is 23.6. The third-order valence-electron chi connectivity index (χ3n) is 7.68. The van der Waals surface area contributed by atoms with Gasteiger partial charge < -0.3 is 14.5 Å². The molecule has 5 aromatic rings. The molecule has 0 spiro atoms. The molecule has 0 saturated heterocycles. The van der Waals surface area contributed by atoms with Gasteiger partial charge in [-0.05, 0) is 85.9 Å². The second kappa shape index (κ2) is 11.6. The highest BCUT2D eigenvalue weighted by Gasteiger charge is 2.17. The van der Waals surface area contributed by atoms with Crippen LogP contribution in [0.3, 0.4) is 0 Å². The monoisotopic (exact) mass is 534 g/mol. The summed E-state index contributed by atoms with van der Waals surface area (Å²) in [4.78, 5) is 4.75. The highest BCUT2D eigenvalue weighted by Crippen LogP contribution is 2.37. The van der Waals surface area contributed by atoms with Crippen LogP contribution >= 0.6 is 0 Å². The number of nitrogens with zero attached hydrogens (tertiary/aromatic N) is 3. The molecule has 202 valence electrons. The summed E-state index contributed by atoms with van der Waals surface area (Å²) >= 11 is 0. The molecule has 1 aliphatic rings. The number of nitrogens with one attached hydrogen (secondary N) is 1. The maximum absolute atomic E-state index is 7.42. The Morgan fingerprint density at radius 1 is 0.878 bits per heavy atom. The Hall–Kier alpha value is -4.96. The molecule has 4 heteroatoms. The smallest absolute Gasteiger partial charge is 0.0917 e. The van der Waals surface area contributed by atoms with Gasteiger partial charge in [-0.3, -0.25) is 4.99 Å². The van der Waals surface area contributed by atoms with E-state index in [4.69, 9.17) is 10.4 Å². The summed E-state index contributed by atoms with van der Waals surface area (Å²) in [7, 11) is 0. The van der Waals surface area contributed by atoms with Gasteiger partial charge in [0.1, 0.15) is 0 Å². The number of hydrogen-bond donors (Lipinski definition) is 1. The fourth-order valence-electron chi connectivity index (χ4n) is 5.86. The van der Waals surface area contributed by atoms with Crippen LogP contribution in [0.15, 0.2) is 120 Å². The average Bonchev–Trinajstić information content (AvgIpc) is 3.43. The van der Waals surface area contributed by atoms with Crippen molar-refractivity contribution in [3.8, 4) is 5.69 Å². The second-order valence-electron chi connectivity index (χ2n) is 10.2. The van der Waals surface area contributed by atoms with Crippen LogP contribution < -0.4 is 0 Å². The zero-order valence-electron chi connectivity index (χ0n) is 23.6. The number of aromatic nitrogens is 2. The van der Waals surface area contributed by atoms with Crippen LogP contribution in [0.25, 0.3) is 39.3 Å². The molecule has 0 unspecified atom stereocenters. The van der Waals surface area contributed by atoms with Crippen molar-refractivity contribution in [3.63, 3.8) is 0 Å². The molecule has 1 N–H and O–H groups in total. The predicted octanol–water partition coefficient (Wildman–Crippen LogP) is 9.50. The number of fused-ring (bicyclic) bond motifs is 2. The quantitative estimate of drug-likeness (QED) is 0.193. The van der Waals surface area contributed by atoms with Crippen molar-refractivity contribution in [2.75, 3.05) is 0 Å². The molecular weight excluding hydrogens is 500 g/mol. The van der Waals surface area contributed by atoms with Gasteiger partial charge in [0.05, 0.1) is 16.7 Å². The van der Waals surface area contributed by atoms with Crippen LogP contribution in [0, 0.1) is 5.41 Å². The minimum absolute atomic E-state index is 0.878. The van der Waals surface area contributed by atoms with Gasteiger partial charge in [-0.2, -0.15) is 0 Å². The van der Waals surface area contributed by atoms with Gasteiger partial charge in [0, 0.05) is 46.0 Å². The van der Waals surface area contributed by atoms with Crippen molar-refractivity contribution in [1.29, 1.82) is 5.41 Å². The molecule has 2 aromatic heterocycles. The third kappa shape index (κ3) is 5.05. The third-order valence-corrected chi connectivity index (χ3v) is 7.68. The lowest BCUT2D eigenvalue weighted by Gasteiger charge is -2.11. The van der Waals surface area contributed by atoms with E-state index in [2.05, 4.69) is 119 Å². The number of benzene rings is 3. The van der Waals surface area contributed by atoms with Crippen LogP contribution in [0.1, 0.15) is 37.2 Å². The topological polar surface area (TPSA) is 46.1 Å². The Kier molecular flexibility index (Phi) is 7.46. The molecule has 4 nitrogen and oxygen atoms in total. The van der Waals surface area contributed by atoms with E-state index in [1.165, 1.54) is 45.0 Å². The lowest BCUT2D eigenvalue weighted by atomic mass is 10.0. The highest BCUT2D eigenvalue weighted by molar-refractivity contribution is 5.98. The number of rotatable bonds is 8. The molecule has 0 amide bonds. The van der Waals surface area contributed by atoms with Crippen molar-refractivity contribution in [3.05, 3.63) is 132 Å². The Bertz CT molecular complexity index is 1880. The van der Waals surface area contributed by atoms with E-state index in [1.54, 1.807) is 6.08 Å². The summed E-state index contributed by atoms with van der Waals surface area (Å²) in [5, 5.41) is 9.80. The lowest BCUT2D eigenvalue weighted by molar-refractivity contribution is 0.978. The first kappa shape index (κ1) is 26.3. The van der Waals surface area contributed by atoms with E-state index in [-0.39, 0.29) is 0 Å². The minimum atomic E-state index is 0.878. The van der Waals surface area contributed by atoms with Gasteiger partial charge in [-0.1, -0.05) is 73.7 Å². The molecule has 0 saturated carbocycles. The predicted molar refractivity (Wildman–Crippen MR) is 176 cm³/mol. The van der Waals surface area contributed by atoms with Crippen molar-refractivity contribution >= 4 is 51.7 Å². The number of allylic oxidation sites excluding steroid dienone is 7. The fourth-order valence-corrected chi connectivity index (χ4v) is 5.86. The summed E-state index contributed by atoms with van der Waals surface area (Å²) in [5.41, 5.74) is 10.6. The zero-order chi connectivity index (χ0) is 28.2. The van der Waals surface area contributed by atoms with Crippen LogP contribution in [0.2, 0.25) is 0 Å². The van der Waals surface area contributed by atoms with Crippen molar-refractivity contribution < 1.29 is 0 Å². The Morgan fingerprint density at radius 3 is 2.44 bits per heavy atom. The lowest BCUT2D eigenvalue weighted by Crippen LogP contribution is -2.00. The molecule has 0 aliphatic heterocycles. The molecule has 41 heavy (non-hydrogen) atoms. The maximum atomic E-state index is 7.42. The number of para-hydroxylation sites is 2. The first-order valence-electron chi connectivity index (χ1n) is 14.3. The van der Waals surface area contributed by atoms with E-state index >= 15 is 0 Å². The number of aliphatic imine (C=N–C) groups is 1. The summed E-state index contributed by atoms with van der Waals surface area (Å²) in [5.74, 6) is 0. The van der Waals surface area contributed by atoms with E-state index in [1.807, 2.05) is 19.2 Å². The molecule has 2 heterocycles. The normalized spacial score (nSPS) is 13.8. The maximum Gasteiger partial charge on any atom is 0.0917 e. The van der Waals surface area contributed by atoms with Crippen LogP contribution in [-0.2, 0) is 12.8 Å². The molecule has 6 rings (SSSR count). The summed E-state index contributed by atoms with van der Waals surface area (Å²) < 4.78 is 4.63. The number of hydrogen-bond acceptors (Lipinski definition) is 2. The molecule has 1 aliphatic carbocycles. The first-order valence-corrected chi connectivity index (χ1v) is 14.3. The van der Waals surface area contributed by atoms with E-state index in [0.29, 0.717) is 0 Å². The van der Waals surface area contributed by atoms with E-state index in [0.717, 1.165) is 41.8 Å². The standard InChI is InChI=1S/C37H34N4/c1-3-34-37(39-4-2)33-15-6-8-17-36(33)41(34)30-13-9-11-27(18-21-30)25-28-19-22-31(23-20-28)40-32(14-10-24-38)26-29-12-5-7-16-35(29)40/h4-8,10-24,26,38H,3,9,25H2,1-2H3/b14-10-,38-24?,39-4?. The summed E-state index contributed by atoms with van der Waals surface area (Å²) in [6.45, 7) is 4.19. The van der Waals surface area contributed by atoms with Crippen molar-refractivity contribution in [1.82, 2.24) is 9.13 Å². The van der Waals surface area contributed by atoms with Crippen molar-refractivity contribution in [2.45, 2.75) is 33.1 Å². The summed E-state index contributed by atoms with van der Waals surface area (Å²) in [6.07, 6.45) is 18.8. The molecule has 0 fully saturated rings. The Morgan fingerprint density at radius 2 is 1.66 bits per heavy atom. The summed E-state index contributed by atoms with van der Waals surface area (Å²) in [6, 6.07) is 28.0. The minimum Gasteiger partial charge on any atom is -0.312 e. The highest BCUT2D eigenvalue weighted by atomic mass is 15.0. The average molecular weight is 535 g/mol. The molecule has 0 atom stereocenters. The van der Waals surface area contributed by atoms with Gasteiger partial charge >= 0.3 is 0 Å². The van der Waals surface area contributed by atoms with Gasteiger partial charge in [-0.25, -0.2) is 0 Å². The second-order valence-corrected chi connectivity index (χ2v) is 10.2. The van der Waals surface area contributed by atoms with Crippen LogP contribution in [-0.4, -0.2) is 21.6 Å². The van der Waals surface area contributed by atoms with Gasteiger partial charge in [-0.15, -0.1) is 0 Å². The molecule has 0 radical (unpaired) electrons. The molecule has 3 aromatic carbocycles. The van der Waals surface area contributed by atoms with Crippen LogP contribution in [0.5, 0.6) is 0 Å². The van der Waals surface area contributed by atoms with Gasteiger partial charge in [0.15, 0.2) is 0 Å². The SMILES string of the molecule is CC=Nc1c(CC)n(C2=CCC=C(Cc3ccc(-n4c(/C=C\C=N)cc5ccccc54)cc3)C=C2)c2ccccc12. The van der Waals surface area contributed by atoms with Gasteiger partial charge in [0.2, 0.25) is 0 Å². The van der Waals surface area contributed by atoms with E-state index < -0.39 is 0 Å². The first-order chi connectivity index (χ1) is 20.2. The van der Waals surface area contributed by atoms with E-state index in [9.17, 15) is 0 Å². The Balaban J connectivity index is 1.26. The van der Waals surface area contributed by atoms with Gasteiger partial charge in [0.25, 0.3) is 0 Å². The van der Waals surface area contributed by atoms with Crippen molar-refractivity contribution in [2.24, 2.45) is 4.99 Å².